The number of fused-ring (bicyclic) bond motifs is 1. The average Bonchev–Trinajstić information content (AvgIpc) is 3.10. The SMILES string of the molecule is COC1(NC(=O)Cc2cccs2)C(=O)N2C(C(=O)O)=C(CO)CS[C@H]21. The first-order valence-corrected chi connectivity index (χ1v) is 9.27. The zero-order valence-electron chi connectivity index (χ0n) is 13.2. The maximum absolute atomic E-state index is 12.7. The van der Waals surface area contributed by atoms with Gasteiger partial charge in [-0.25, -0.2) is 4.79 Å². The lowest BCUT2D eigenvalue weighted by Gasteiger charge is -2.55. The summed E-state index contributed by atoms with van der Waals surface area (Å²) < 4.78 is 5.32. The highest BCUT2D eigenvalue weighted by molar-refractivity contribution is 8.00. The molecule has 1 aromatic rings. The monoisotopic (exact) mass is 384 g/mol. The number of β-lactam (4-membered cyclic amide) rings is 1. The minimum absolute atomic E-state index is 0.108. The van der Waals surface area contributed by atoms with Crippen LogP contribution in [0.1, 0.15) is 4.88 Å². The summed E-state index contributed by atoms with van der Waals surface area (Å²) in [7, 11) is 1.30. The van der Waals surface area contributed by atoms with E-state index in [1.54, 1.807) is 0 Å². The number of carbonyl (C=O) groups excluding carboxylic acids is 2. The van der Waals surface area contributed by atoms with Crippen molar-refractivity contribution in [3.05, 3.63) is 33.7 Å². The number of ether oxygens (including phenoxy) is 1. The molecule has 0 saturated carbocycles. The molecule has 8 nitrogen and oxygen atoms in total. The van der Waals surface area contributed by atoms with Gasteiger partial charge in [-0.05, 0) is 17.0 Å². The number of carbonyl (C=O) groups is 3. The van der Waals surface area contributed by atoms with Crippen LogP contribution in [0.2, 0.25) is 0 Å². The third kappa shape index (κ3) is 2.84. The molecular weight excluding hydrogens is 368 g/mol. The van der Waals surface area contributed by atoms with Gasteiger partial charge in [-0.15, -0.1) is 23.1 Å². The Labute approximate surface area is 151 Å². The molecule has 0 bridgehead atoms. The molecule has 3 N–H and O–H groups in total. The molecule has 1 aromatic heterocycles. The Bertz CT molecular complexity index is 747. The Morgan fingerprint density at radius 1 is 1.52 bits per heavy atom. The van der Waals surface area contributed by atoms with E-state index < -0.39 is 29.6 Å². The summed E-state index contributed by atoms with van der Waals surface area (Å²) in [6, 6.07) is 3.64. The first-order valence-electron chi connectivity index (χ1n) is 7.34. The van der Waals surface area contributed by atoms with E-state index in [-0.39, 0.29) is 29.4 Å². The molecule has 1 unspecified atom stereocenters. The molecule has 0 aromatic carbocycles. The highest BCUT2D eigenvalue weighted by Gasteiger charge is 2.66. The lowest BCUT2D eigenvalue weighted by atomic mass is 9.98. The second kappa shape index (κ2) is 6.79. The summed E-state index contributed by atoms with van der Waals surface area (Å²) in [5.41, 5.74) is -1.58. The van der Waals surface area contributed by atoms with E-state index in [1.165, 1.54) is 30.2 Å². The summed E-state index contributed by atoms with van der Waals surface area (Å²) in [5.74, 6) is -2.10. The third-order valence-corrected chi connectivity index (χ3v) is 6.32. The van der Waals surface area contributed by atoms with Crippen molar-refractivity contribution >= 4 is 40.9 Å². The Kier molecular flexibility index (Phi) is 4.87. The molecular formula is C15H16N2O6S2. The Morgan fingerprint density at radius 3 is 2.84 bits per heavy atom. The number of aliphatic carboxylic acids is 1. The number of thioether (sulfide) groups is 1. The maximum Gasteiger partial charge on any atom is 0.352 e. The Morgan fingerprint density at radius 2 is 2.28 bits per heavy atom. The Balaban J connectivity index is 1.82. The molecule has 1 fully saturated rings. The van der Waals surface area contributed by atoms with Gasteiger partial charge in [-0.2, -0.15) is 0 Å². The molecule has 0 radical (unpaired) electrons. The first-order chi connectivity index (χ1) is 11.9. The van der Waals surface area contributed by atoms with Crippen molar-refractivity contribution in [3.63, 3.8) is 0 Å². The predicted octanol–water partition coefficient (Wildman–Crippen LogP) is -0.00440. The second-order valence-electron chi connectivity index (χ2n) is 5.50. The van der Waals surface area contributed by atoms with Gasteiger partial charge in [-0.3, -0.25) is 14.5 Å². The number of amides is 2. The summed E-state index contributed by atoms with van der Waals surface area (Å²) in [6.07, 6.45) is 0.108. The van der Waals surface area contributed by atoms with Crippen LogP contribution in [0.15, 0.2) is 28.8 Å². The van der Waals surface area contributed by atoms with E-state index in [9.17, 15) is 24.6 Å². The molecule has 2 atom stereocenters. The molecule has 134 valence electrons. The largest absolute Gasteiger partial charge is 0.477 e. The van der Waals surface area contributed by atoms with Gasteiger partial charge in [0.1, 0.15) is 11.1 Å². The van der Waals surface area contributed by atoms with Crippen LogP contribution in [0.5, 0.6) is 0 Å². The maximum atomic E-state index is 12.7. The number of carboxylic acid groups (broad SMARTS) is 1. The van der Waals surface area contributed by atoms with Gasteiger partial charge in [-0.1, -0.05) is 6.07 Å². The van der Waals surface area contributed by atoms with Gasteiger partial charge in [0.05, 0.1) is 13.0 Å². The zero-order chi connectivity index (χ0) is 18.2. The zero-order valence-corrected chi connectivity index (χ0v) is 14.9. The number of thiophene rings is 1. The molecule has 0 aliphatic carbocycles. The van der Waals surface area contributed by atoms with Crippen LogP contribution in [-0.2, 0) is 25.5 Å². The van der Waals surface area contributed by atoms with Crippen LogP contribution < -0.4 is 5.32 Å². The molecule has 3 rings (SSSR count). The second-order valence-corrected chi connectivity index (χ2v) is 7.60. The highest BCUT2D eigenvalue weighted by Crippen LogP contribution is 2.46. The van der Waals surface area contributed by atoms with Crippen molar-refractivity contribution in [3.8, 4) is 0 Å². The van der Waals surface area contributed by atoms with E-state index in [0.717, 1.165) is 9.78 Å². The smallest absolute Gasteiger partial charge is 0.352 e. The normalized spacial score (nSPS) is 25.4. The van der Waals surface area contributed by atoms with Crippen molar-refractivity contribution in [1.82, 2.24) is 10.2 Å². The van der Waals surface area contributed by atoms with Crippen molar-refractivity contribution in [2.75, 3.05) is 19.5 Å². The van der Waals surface area contributed by atoms with E-state index in [0.29, 0.717) is 0 Å². The summed E-state index contributed by atoms with van der Waals surface area (Å²) in [4.78, 5) is 38.4. The highest BCUT2D eigenvalue weighted by atomic mass is 32.2. The lowest BCUT2D eigenvalue weighted by molar-refractivity contribution is -0.192. The minimum Gasteiger partial charge on any atom is -0.477 e. The van der Waals surface area contributed by atoms with Gasteiger partial charge < -0.3 is 20.3 Å². The molecule has 25 heavy (non-hydrogen) atoms. The number of methoxy groups -OCH3 is 1. The summed E-state index contributed by atoms with van der Waals surface area (Å²) in [6.45, 7) is -0.449. The number of carboxylic acids is 1. The molecule has 2 aliphatic heterocycles. The molecule has 2 amide bonds. The molecule has 2 aliphatic rings. The summed E-state index contributed by atoms with van der Waals surface area (Å²) >= 11 is 2.67. The molecule has 10 heteroatoms. The van der Waals surface area contributed by atoms with Gasteiger partial charge >= 0.3 is 5.97 Å². The fraction of sp³-hybridized carbons (Fsp3) is 0.400. The van der Waals surface area contributed by atoms with E-state index >= 15 is 0 Å². The number of hydrogen-bond donors (Lipinski definition) is 3. The fourth-order valence-corrected chi connectivity index (χ4v) is 5.02. The fourth-order valence-electron chi connectivity index (χ4n) is 2.89. The third-order valence-electron chi connectivity index (χ3n) is 4.07. The van der Waals surface area contributed by atoms with Crippen molar-refractivity contribution in [2.24, 2.45) is 0 Å². The number of rotatable bonds is 6. The van der Waals surface area contributed by atoms with Gasteiger partial charge in [0.25, 0.3) is 11.6 Å². The van der Waals surface area contributed by atoms with Crippen molar-refractivity contribution < 1.29 is 29.3 Å². The average molecular weight is 384 g/mol. The van der Waals surface area contributed by atoms with E-state index in [4.69, 9.17) is 4.74 Å². The number of aliphatic hydroxyl groups excluding tert-OH is 1. The first kappa shape index (κ1) is 17.9. The Hall–Kier alpha value is -1.88. The van der Waals surface area contributed by atoms with E-state index in [2.05, 4.69) is 5.32 Å². The van der Waals surface area contributed by atoms with Gasteiger partial charge in [0.2, 0.25) is 5.91 Å². The molecule has 3 heterocycles. The number of hydrogen-bond acceptors (Lipinski definition) is 7. The quantitative estimate of drug-likeness (QED) is 0.467. The molecule has 0 spiro atoms. The minimum atomic E-state index is -1.60. The van der Waals surface area contributed by atoms with Crippen molar-refractivity contribution in [2.45, 2.75) is 17.5 Å². The number of nitrogens with one attached hydrogen (secondary N) is 1. The lowest BCUT2D eigenvalue weighted by Crippen LogP contribution is -2.80. The number of nitrogens with zero attached hydrogens (tertiary/aromatic N) is 1. The van der Waals surface area contributed by atoms with Crippen LogP contribution in [-0.4, -0.2) is 63.5 Å². The number of aliphatic hydroxyl groups is 1. The topological polar surface area (TPSA) is 116 Å². The predicted molar refractivity (Wildman–Crippen MR) is 90.7 cm³/mol. The van der Waals surface area contributed by atoms with Gasteiger partial charge in [0.15, 0.2) is 0 Å². The van der Waals surface area contributed by atoms with Gasteiger partial charge in [0, 0.05) is 17.7 Å². The van der Waals surface area contributed by atoms with Crippen LogP contribution >= 0.6 is 23.1 Å². The van der Waals surface area contributed by atoms with Crippen LogP contribution in [0.25, 0.3) is 0 Å². The van der Waals surface area contributed by atoms with Crippen LogP contribution in [0.4, 0.5) is 0 Å². The standard InChI is InChI=1S/C15H16N2O6S2/c1-23-15(16-10(19)5-9-3-2-4-24-9)13(22)17-11(12(20)21)8(6-18)7-25-14(15)17/h2-4,14,18H,5-7H2,1H3,(H,16,19)(H,20,21)/t14-,15?/m0/s1. The summed E-state index contributed by atoms with van der Waals surface area (Å²) in [5, 5.41) is 22.5. The van der Waals surface area contributed by atoms with Crippen LogP contribution in [0.3, 0.4) is 0 Å². The van der Waals surface area contributed by atoms with Crippen molar-refractivity contribution in [1.29, 1.82) is 0 Å². The van der Waals surface area contributed by atoms with Crippen LogP contribution in [0, 0.1) is 0 Å². The van der Waals surface area contributed by atoms with E-state index in [1.807, 2.05) is 17.5 Å². The molecule has 1 saturated heterocycles.